The highest BCUT2D eigenvalue weighted by atomic mass is 15.3. The van der Waals surface area contributed by atoms with Crippen LogP contribution in [-0.2, 0) is 0 Å². The van der Waals surface area contributed by atoms with E-state index in [0.29, 0.717) is 42.5 Å². The molecule has 8 heteroatoms. The molecule has 8 nitrogen and oxygen atoms in total. The molecule has 110 valence electrons. The normalized spacial score (nSPS) is 16.7. The number of amidine groups is 2. The van der Waals surface area contributed by atoms with Gasteiger partial charge in [-0.3, -0.25) is 4.90 Å². The van der Waals surface area contributed by atoms with Crippen LogP contribution in [0.4, 0.5) is 0 Å². The summed E-state index contributed by atoms with van der Waals surface area (Å²) in [5.41, 5.74) is 0. The van der Waals surface area contributed by atoms with Crippen molar-refractivity contribution in [3.05, 3.63) is 30.3 Å². The zero-order valence-electron chi connectivity index (χ0n) is 12.4. The molecule has 2 heterocycles. The summed E-state index contributed by atoms with van der Waals surface area (Å²) in [5, 5.41) is 3.17. The first-order valence-electron chi connectivity index (χ1n) is 6.51. The minimum absolute atomic E-state index is 0.396. The second-order valence-corrected chi connectivity index (χ2v) is 4.39. The van der Waals surface area contributed by atoms with Gasteiger partial charge in [-0.2, -0.15) is 0 Å². The number of hydrogen-bond donors (Lipinski definition) is 1. The number of aromatic nitrogens is 3. The van der Waals surface area contributed by atoms with E-state index >= 15 is 0 Å². The average Bonchev–Trinajstić information content (AvgIpc) is 2.47. The Labute approximate surface area is 123 Å². The van der Waals surface area contributed by atoms with Crippen LogP contribution < -0.4 is 5.32 Å². The highest BCUT2D eigenvalue weighted by molar-refractivity contribution is 6.01. The number of nitrogens with one attached hydrogen (secondary N) is 1. The Morgan fingerprint density at radius 1 is 1.38 bits per heavy atom. The van der Waals surface area contributed by atoms with Gasteiger partial charge < -0.3 is 5.32 Å². The largest absolute Gasteiger partial charge is 0.354 e. The van der Waals surface area contributed by atoms with Gasteiger partial charge in [-0.05, 0) is 20.9 Å². The van der Waals surface area contributed by atoms with Gasteiger partial charge in [0.05, 0.1) is 13.3 Å². The van der Waals surface area contributed by atoms with Gasteiger partial charge in [0.2, 0.25) is 5.82 Å². The summed E-state index contributed by atoms with van der Waals surface area (Å²) in [6.07, 6.45) is 3.04. The Kier molecular flexibility index (Phi) is 4.83. The van der Waals surface area contributed by atoms with Crippen LogP contribution in [0.25, 0.3) is 0 Å². The predicted molar refractivity (Wildman–Crippen MR) is 82.6 cm³/mol. The summed E-state index contributed by atoms with van der Waals surface area (Å²) < 4.78 is 0. The first-order valence-corrected chi connectivity index (χ1v) is 6.51. The first-order chi connectivity index (χ1) is 10.1. The van der Waals surface area contributed by atoms with Crippen LogP contribution in [0.15, 0.2) is 27.8 Å². The highest BCUT2D eigenvalue weighted by Gasteiger charge is 2.16. The van der Waals surface area contributed by atoms with Crippen LogP contribution in [-0.4, -0.2) is 58.1 Å². The molecule has 1 aliphatic heterocycles. The van der Waals surface area contributed by atoms with Crippen LogP contribution in [0, 0.1) is 6.92 Å². The third-order valence-corrected chi connectivity index (χ3v) is 2.61. The molecule has 1 aliphatic rings. The van der Waals surface area contributed by atoms with Gasteiger partial charge in [-0.25, -0.2) is 29.9 Å². The second-order valence-electron chi connectivity index (χ2n) is 4.39. The number of hydrogen-bond acceptors (Lipinski definition) is 7. The summed E-state index contributed by atoms with van der Waals surface area (Å²) in [5.74, 6) is 2.53. The van der Waals surface area contributed by atoms with Gasteiger partial charge in [0.25, 0.3) is 0 Å². The van der Waals surface area contributed by atoms with E-state index in [9.17, 15) is 0 Å². The molecule has 0 saturated carbocycles. The summed E-state index contributed by atoms with van der Waals surface area (Å²) in [6.45, 7) is 8.47. The number of rotatable bonds is 3. The van der Waals surface area contributed by atoms with Crippen molar-refractivity contribution < 1.29 is 0 Å². The molecule has 2 rings (SSSR count). The quantitative estimate of drug-likeness (QED) is 0.640. The minimum atomic E-state index is 0.396. The molecule has 0 fully saturated rings. The Hall–Kier alpha value is -2.48. The minimum Gasteiger partial charge on any atom is -0.354 e. The molecule has 1 N–H and O–H groups in total. The molecule has 0 radical (unpaired) electrons. The SMILES string of the molecule is C=CN=C(N=CC)c1nc(C)nc(C2=NCN(C)CN2)n1. The molecular weight excluding hydrogens is 268 g/mol. The summed E-state index contributed by atoms with van der Waals surface area (Å²) in [7, 11) is 1.97. The topological polar surface area (TPSA) is 91.0 Å². The molecule has 0 atom stereocenters. The van der Waals surface area contributed by atoms with Crippen LogP contribution in [0.3, 0.4) is 0 Å². The maximum absolute atomic E-state index is 4.39. The van der Waals surface area contributed by atoms with Gasteiger partial charge in [0.15, 0.2) is 17.5 Å². The lowest BCUT2D eigenvalue weighted by Gasteiger charge is -2.22. The smallest absolute Gasteiger partial charge is 0.201 e. The molecule has 0 aliphatic carbocycles. The van der Waals surface area contributed by atoms with Crippen molar-refractivity contribution >= 4 is 17.9 Å². The monoisotopic (exact) mass is 286 g/mol. The summed E-state index contributed by atoms with van der Waals surface area (Å²) >= 11 is 0. The lowest BCUT2D eigenvalue weighted by molar-refractivity contribution is 0.324. The maximum Gasteiger partial charge on any atom is 0.201 e. The fourth-order valence-corrected chi connectivity index (χ4v) is 1.70. The Balaban J connectivity index is 2.42. The molecule has 0 spiro atoms. The van der Waals surface area contributed by atoms with Gasteiger partial charge in [-0.1, -0.05) is 6.58 Å². The third-order valence-electron chi connectivity index (χ3n) is 2.61. The highest BCUT2D eigenvalue weighted by Crippen LogP contribution is 2.03. The third kappa shape index (κ3) is 3.76. The zero-order valence-corrected chi connectivity index (χ0v) is 12.4. The van der Waals surface area contributed by atoms with E-state index in [2.05, 4.69) is 41.8 Å². The molecule has 1 aromatic rings. The van der Waals surface area contributed by atoms with Gasteiger partial charge in [0, 0.05) is 12.4 Å². The van der Waals surface area contributed by atoms with Crippen molar-refractivity contribution in [2.45, 2.75) is 13.8 Å². The van der Waals surface area contributed by atoms with Crippen LogP contribution >= 0.6 is 0 Å². The average molecular weight is 286 g/mol. The van der Waals surface area contributed by atoms with Crippen molar-refractivity contribution in [2.24, 2.45) is 15.0 Å². The maximum atomic E-state index is 4.39. The summed E-state index contributed by atoms with van der Waals surface area (Å²) in [4.78, 5) is 27.7. The number of aryl methyl sites for hydroxylation is 1. The van der Waals surface area contributed by atoms with Gasteiger partial charge in [-0.15, -0.1) is 0 Å². The van der Waals surface area contributed by atoms with E-state index in [1.54, 1.807) is 20.1 Å². The van der Waals surface area contributed by atoms with E-state index < -0.39 is 0 Å². The van der Waals surface area contributed by atoms with Crippen molar-refractivity contribution in [1.82, 2.24) is 25.2 Å². The fourth-order valence-electron chi connectivity index (χ4n) is 1.70. The Morgan fingerprint density at radius 2 is 2.19 bits per heavy atom. The molecule has 0 bridgehead atoms. The van der Waals surface area contributed by atoms with E-state index in [-0.39, 0.29) is 0 Å². The van der Waals surface area contributed by atoms with Crippen molar-refractivity contribution in [3.8, 4) is 0 Å². The zero-order chi connectivity index (χ0) is 15.2. The summed E-state index contributed by atoms with van der Waals surface area (Å²) in [6, 6.07) is 0. The molecule has 0 unspecified atom stereocenters. The van der Waals surface area contributed by atoms with Crippen LogP contribution in [0.1, 0.15) is 24.4 Å². The van der Waals surface area contributed by atoms with Crippen molar-refractivity contribution in [3.63, 3.8) is 0 Å². The first kappa shape index (κ1) is 14.9. The number of aliphatic imine (C=N–C) groups is 3. The predicted octanol–water partition coefficient (Wildman–Crippen LogP) is 0.357. The molecular formula is C13H18N8. The second kappa shape index (κ2) is 6.80. The number of nitrogens with zero attached hydrogens (tertiary/aromatic N) is 7. The Bertz CT molecular complexity index is 617. The van der Waals surface area contributed by atoms with E-state index in [0.717, 1.165) is 0 Å². The Morgan fingerprint density at radius 3 is 2.81 bits per heavy atom. The molecule has 0 aromatic carbocycles. The molecule has 0 saturated heterocycles. The van der Waals surface area contributed by atoms with E-state index in [1.807, 2.05) is 11.9 Å². The van der Waals surface area contributed by atoms with Crippen LogP contribution in [0.5, 0.6) is 0 Å². The van der Waals surface area contributed by atoms with E-state index in [1.165, 1.54) is 6.20 Å². The lowest BCUT2D eigenvalue weighted by Crippen LogP contribution is -2.42. The van der Waals surface area contributed by atoms with E-state index in [4.69, 9.17) is 0 Å². The molecule has 1 aromatic heterocycles. The lowest BCUT2D eigenvalue weighted by atomic mass is 10.4. The van der Waals surface area contributed by atoms with Gasteiger partial charge in [0.1, 0.15) is 5.82 Å². The standard InChI is InChI=1S/C13H18N8/c1-5-14-10(15-6-2)12-18-9(3)19-13(20-12)11-16-7-21(4)8-17-11/h5-6H,1,7-8H2,2-4H3,(H,16,17). The van der Waals surface area contributed by atoms with Crippen molar-refractivity contribution in [1.29, 1.82) is 0 Å². The fraction of sp³-hybridized carbons (Fsp3) is 0.385. The van der Waals surface area contributed by atoms with Crippen LogP contribution in [0.2, 0.25) is 0 Å². The van der Waals surface area contributed by atoms with Crippen molar-refractivity contribution in [2.75, 3.05) is 20.4 Å². The van der Waals surface area contributed by atoms with Gasteiger partial charge >= 0.3 is 0 Å². The molecule has 0 amide bonds. The molecule has 21 heavy (non-hydrogen) atoms.